The SMILES string of the molecule is Cl.O=C(C1CSCCS1)N(Cc1ccccn1)C1CCCNCC1. The molecule has 1 aromatic heterocycles. The molecule has 0 bridgehead atoms. The van der Waals surface area contributed by atoms with Crippen molar-refractivity contribution in [2.75, 3.05) is 30.3 Å². The molecular formula is C17H26ClN3OS2. The molecule has 134 valence electrons. The van der Waals surface area contributed by atoms with Gasteiger partial charge >= 0.3 is 0 Å². The minimum Gasteiger partial charge on any atom is -0.333 e. The lowest BCUT2D eigenvalue weighted by Gasteiger charge is -2.34. The molecule has 2 fully saturated rings. The fourth-order valence-corrected chi connectivity index (χ4v) is 5.80. The third-order valence-electron chi connectivity index (χ3n) is 4.42. The van der Waals surface area contributed by atoms with E-state index in [2.05, 4.69) is 15.2 Å². The summed E-state index contributed by atoms with van der Waals surface area (Å²) < 4.78 is 0. The number of nitrogens with zero attached hydrogens (tertiary/aromatic N) is 2. The van der Waals surface area contributed by atoms with Crippen LogP contribution in [0.2, 0.25) is 0 Å². The molecule has 2 aliphatic rings. The first-order valence-electron chi connectivity index (χ1n) is 8.45. The molecule has 0 aliphatic carbocycles. The highest BCUT2D eigenvalue weighted by atomic mass is 35.5. The number of aromatic nitrogens is 1. The summed E-state index contributed by atoms with van der Waals surface area (Å²) in [6.07, 6.45) is 5.10. The van der Waals surface area contributed by atoms with Gasteiger partial charge < -0.3 is 10.2 Å². The number of carbonyl (C=O) groups excluding carboxylic acids is 1. The van der Waals surface area contributed by atoms with Crippen LogP contribution in [0, 0.1) is 0 Å². The lowest BCUT2D eigenvalue weighted by atomic mass is 10.1. The van der Waals surface area contributed by atoms with E-state index < -0.39 is 0 Å². The highest BCUT2D eigenvalue weighted by Gasteiger charge is 2.31. The van der Waals surface area contributed by atoms with E-state index in [0.29, 0.717) is 18.5 Å². The maximum absolute atomic E-state index is 13.2. The molecule has 1 amide bonds. The van der Waals surface area contributed by atoms with E-state index in [4.69, 9.17) is 0 Å². The van der Waals surface area contributed by atoms with Crippen molar-refractivity contribution in [2.45, 2.75) is 37.1 Å². The van der Waals surface area contributed by atoms with Gasteiger partial charge in [0.25, 0.3) is 0 Å². The summed E-state index contributed by atoms with van der Waals surface area (Å²) in [7, 11) is 0. The summed E-state index contributed by atoms with van der Waals surface area (Å²) in [5, 5.41) is 3.57. The molecule has 7 heteroatoms. The molecule has 0 saturated carbocycles. The molecule has 3 rings (SSSR count). The zero-order chi connectivity index (χ0) is 15.9. The molecule has 2 unspecified atom stereocenters. The number of pyridine rings is 1. The Kier molecular flexibility index (Phi) is 8.73. The van der Waals surface area contributed by atoms with Gasteiger partial charge in [-0.25, -0.2) is 0 Å². The van der Waals surface area contributed by atoms with Crippen LogP contribution >= 0.6 is 35.9 Å². The predicted molar refractivity (Wildman–Crippen MR) is 106 cm³/mol. The lowest BCUT2D eigenvalue weighted by molar-refractivity contribution is -0.133. The standard InChI is InChI=1S/C17H25N3OS2.ClH/c21-17(16-13-22-10-11-23-16)20(12-14-4-1-2-8-19-14)15-5-3-7-18-9-6-15;/h1-2,4,8,15-16,18H,3,5-7,9-13H2;1H. The average Bonchev–Trinajstić information content (AvgIpc) is 2.90. The fourth-order valence-electron chi connectivity index (χ4n) is 3.18. The average molecular weight is 388 g/mol. The van der Waals surface area contributed by atoms with Crippen molar-refractivity contribution in [3.05, 3.63) is 30.1 Å². The molecule has 4 nitrogen and oxygen atoms in total. The Labute approximate surface area is 159 Å². The smallest absolute Gasteiger partial charge is 0.237 e. The summed E-state index contributed by atoms with van der Waals surface area (Å²) in [5.41, 5.74) is 0.992. The third kappa shape index (κ3) is 5.55. The lowest BCUT2D eigenvalue weighted by Crippen LogP contribution is -2.46. The minimum absolute atomic E-state index is 0. The van der Waals surface area contributed by atoms with Gasteiger partial charge in [-0.1, -0.05) is 6.07 Å². The Hall–Kier alpha value is -0.430. The largest absolute Gasteiger partial charge is 0.333 e. The Morgan fingerprint density at radius 3 is 2.96 bits per heavy atom. The first-order valence-corrected chi connectivity index (χ1v) is 10.7. The minimum atomic E-state index is 0. The highest BCUT2D eigenvalue weighted by Crippen LogP contribution is 2.28. The van der Waals surface area contributed by atoms with Crippen molar-refractivity contribution in [1.29, 1.82) is 0 Å². The topological polar surface area (TPSA) is 45.2 Å². The number of amides is 1. The van der Waals surface area contributed by atoms with E-state index in [1.165, 1.54) is 5.75 Å². The third-order valence-corrected chi connectivity index (χ3v) is 7.16. The normalized spacial score (nSPS) is 24.5. The van der Waals surface area contributed by atoms with Gasteiger partial charge in [0.2, 0.25) is 5.91 Å². The predicted octanol–water partition coefficient (Wildman–Crippen LogP) is 2.82. The summed E-state index contributed by atoms with van der Waals surface area (Å²) in [5.74, 6) is 3.53. The van der Waals surface area contributed by atoms with Crippen molar-refractivity contribution in [3.63, 3.8) is 0 Å². The van der Waals surface area contributed by atoms with Crippen LogP contribution in [0.15, 0.2) is 24.4 Å². The molecule has 1 N–H and O–H groups in total. The number of nitrogens with one attached hydrogen (secondary N) is 1. The summed E-state index contributed by atoms with van der Waals surface area (Å²) in [4.78, 5) is 19.7. The molecule has 2 aliphatic heterocycles. The quantitative estimate of drug-likeness (QED) is 0.860. The van der Waals surface area contributed by atoms with Crippen LogP contribution in [0.3, 0.4) is 0 Å². The van der Waals surface area contributed by atoms with Gasteiger partial charge in [-0.15, -0.1) is 24.2 Å². The summed E-state index contributed by atoms with van der Waals surface area (Å²) in [6.45, 7) is 2.71. The molecule has 24 heavy (non-hydrogen) atoms. The molecular weight excluding hydrogens is 362 g/mol. The monoisotopic (exact) mass is 387 g/mol. The van der Waals surface area contributed by atoms with Crippen LogP contribution < -0.4 is 5.32 Å². The maximum Gasteiger partial charge on any atom is 0.237 e. The van der Waals surface area contributed by atoms with Gasteiger partial charge in [-0.05, 0) is 44.5 Å². The van der Waals surface area contributed by atoms with E-state index >= 15 is 0 Å². The molecule has 0 radical (unpaired) electrons. The van der Waals surface area contributed by atoms with Gasteiger partial charge in [0.15, 0.2) is 0 Å². The van der Waals surface area contributed by atoms with Gasteiger partial charge in [0, 0.05) is 29.5 Å². The molecule has 0 spiro atoms. The second-order valence-electron chi connectivity index (χ2n) is 6.06. The Morgan fingerprint density at radius 2 is 2.21 bits per heavy atom. The first kappa shape index (κ1) is 19.9. The van der Waals surface area contributed by atoms with Crippen LogP contribution in [-0.2, 0) is 11.3 Å². The molecule has 3 heterocycles. The number of hydrogen-bond donors (Lipinski definition) is 1. The second-order valence-corrected chi connectivity index (χ2v) is 8.52. The molecule has 2 atom stereocenters. The number of thioether (sulfide) groups is 2. The van der Waals surface area contributed by atoms with E-state index in [9.17, 15) is 4.79 Å². The van der Waals surface area contributed by atoms with Gasteiger partial charge in [-0.3, -0.25) is 9.78 Å². The fraction of sp³-hybridized carbons (Fsp3) is 0.647. The van der Waals surface area contributed by atoms with Crippen molar-refractivity contribution < 1.29 is 4.79 Å². The van der Waals surface area contributed by atoms with Gasteiger partial charge in [0.05, 0.1) is 17.5 Å². The van der Waals surface area contributed by atoms with Crippen LogP contribution in [0.4, 0.5) is 0 Å². The summed E-state index contributed by atoms with van der Waals surface area (Å²) in [6, 6.07) is 6.30. The van der Waals surface area contributed by atoms with Crippen molar-refractivity contribution >= 4 is 41.8 Å². The van der Waals surface area contributed by atoms with Crippen LogP contribution in [0.1, 0.15) is 25.0 Å². The van der Waals surface area contributed by atoms with E-state index in [0.717, 1.165) is 49.6 Å². The molecule has 0 aromatic carbocycles. The molecule has 2 saturated heterocycles. The number of carbonyl (C=O) groups is 1. The van der Waals surface area contributed by atoms with Crippen molar-refractivity contribution in [1.82, 2.24) is 15.2 Å². The van der Waals surface area contributed by atoms with Crippen molar-refractivity contribution in [2.24, 2.45) is 0 Å². The number of halogens is 1. The zero-order valence-electron chi connectivity index (χ0n) is 13.9. The summed E-state index contributed by atoms with van der Waals surface area (Å²) >= 11 is 3.74. The van der Waals surface area contributed by atoms with E-state index in [1.807, 2.05) is 47.9 Å². The Morgan fingerprint density at radius 1 is 1.29 bits per heavy atom. The van der Waals surface area contributed by atoms with Crippen LogP contribution in [0.25, 0.3) is 0 Å². The number of hydrogen-bond acceptors (Lipinski definition) is 5. The van der Waals surface area contributed by atoms with Crippen molar-refractivity contribution in [3.8, 4) is 0 Å². The maximum atomic E-state index is 13.2. The second kappa shape index (κ2) is 10.5. The first-order chi connectivity index (χ1) is 11.3. The molecule has 1 aromatic rings. The van der Waals surface area contributed by atoms with E-state index in [-0.39, 0.29) is 17.7 Å². The highest BCUT2D eigenvalue weighted by molar-refractivity contribution is 8.07. The van der Waals surface area contributed by atoms with Crippen LogP contribution in [-0.4, -0.2) is 57.4 Å². The zero-order valence-corrected chi connectivity index (χ0v) is 16.3. The van der Waals surface area contributed by atoms with Crippen LogP contribution in [0.5, 0.6) is 0 Å². The Balaban J connectivity index is 0.00000208. The number of rotatable bonds is 4. The Bertz CT molecular complexity index is 492. The van der Waals surface area contributed by atoms with Gasteiger partial charge in [-0.2, -0.15) is 11.8 Å². The van der Waals surface area contributed by atoms with E-state index in [1.54, 1.807) is 0 Å². The van der Waals surface area contributed by atoms with Gasteiger partial charge in [0.1, 0.15) is 0 Å².